The van der Waals surface area contributed by atoms with Gasteiger partial charge >= 0.3 is 0 Å². The van der Waals surface area contributed by atoms with Gasteiger partial charge in [-0.1, -0.05) is 6.92 Å². The van der Waals surface area contributed by atoms with Crippen LogP contribution in [0.2, 0.25) is 0 Å². The maximum Gasteiger partial charge on any atom is 0.172 e. The van der Waals surface area contributed by atoms with Gasteiger partial charge in [-0.25, -0.2) is 0 Å². The number of Topliss-reactive ketones (excluding diaryl/α,β-unsaturated/α-hetero) is 1. The second-order valence-electron chi connectivity index (χ2n) is 2.52. The second-order valence-corrected chi connectivity index (χ2v) is 3.44. The molecule has 0 N–H and O–H groups in total. The predicted octanol–water partition coefficient (Wildman–Crippen LogP) is 2.74. The van der Waals surface area contributed by atoms with Crippen molar-refractivity contribution in [1.82, 2.24) is 0 Å². The summed E-state index contributed by atoms with van der Waals surface area (Å²) in [6.45, 7) is 2.00. The molecule has 66 valence electrons. The summed E-state index contributed by atoms with van der Waals surface area (Å²) in [7, 11) is 1.61. The maximum absolute atomic E-state index is 11.3. The molecule has 0 bridgehead atoms. The maximum atomic E-state index is 11.3. The van der Waals surface area contributed by atoms with Crippen molar-refractivity contribution in [1.29, 1.82) is 0 Å². The van der Waals surface area contributed by atoms with Crippen molar-refractivity contribution in [2.24, 2.45) is 0 Å². The van der Waals surface area contributed by atoms with Crippen LogP contribution in [-0.4, -0.2) is 12.9 Å². The zero-order chi connectivity index (χ0) is 8.97. The number of hydrogen-bond donors (Lipinski definition) is 0. The van der Waals surface area contributed by atoms with Gasteiger partial charge in [0.15, 0.2) is 5.78 Å². The highest BCUT2D eigenvalue weighted by atomic mass is 32.1. The quantitative estimate of drug-likeness (QED) is 0.672. The second kappa shape index (κ2) is 4.26. The highest BCUT2D eigenvalue weighted by Gasteiger charge is 2.07. The van der Waals surface area contributed by atoms with Gasteiger partial charge in [-0.05, 0) is 6.42 Å². The van der Waals surface area contributed by atoms with Crippen LogP contribution in [0.3, 0.4) is 0 Å². The first-order valence-corrected chi connectivity index (χ1v) is 4.81. The van der Waals surface area contributed by atoms with E-state index in [4.69, 9.17) is 4.74 Å². The predicted molar refractivity (Wildman–Crippen MR) is 50.1 cm³/mol. The third-order valence-electron chi connectivity index (χ3n) is 1.56. The molecule has 1 heterocycles. The van der Waals surface area contributed by atoms with Crippen molar-refractivity contribution in [2.45, 2.75) is 19.8 Å². The van der Waals surface area contributed by atoms with Gasteiger partial charge in [0, 0.05) is 17.9 Å². The minimum Gasteiger partial charge on any atom is -0.496 e. The minimum atomic E-state index is 0.214. The lowest BCUT2D eigenvalue weighted by Gasteiger charge is -1.92. The van der Waals surface area contributed by atoms with Gasteiger partial charge in [-0.15, -0.1) is 11.3 Å². The summed E-state index contributed by atoms with van der Waals surface area (Å²) in [4.78, 5) is 12.1. The normalized spacial score (nSPS) is 9.83. The lowest BCUT2D eigenvalue weighted by molar-refractivity contribution is 0.0985. The van der Waals surface area contributed by atoms with Crippen LogP contribution in [0.15, 0.2) is 11.4 Å². The van der Waals surface area contributed by atoms with Crippen LogP contribution in [0.4, 0.5) is 0 Å². The Morgan fingerprint density at radius 2 is 2.42 bits per heavy atom. The average Bonchev–Trinajstić information content (AvgIpc) is 2.52. The fourth-order valence-corrected chi connectivity index (χ4v) is 1.75. The highest BCUT2D eigenvalue weighted by Crippen LogP contribution is 2.22. The number of rotatable bonds is 4. The van der Waals surface area contributed by atoms with Crippen LogP contribution in [0, 0.1) is 0 Å². The number of carbonyl (C=O) groups excluding carboxylic acids is 1. The number of ketones is 1. The molecule has 0 aliphatic carbocycles. The van der Waals surface area contributed by atoms with Crippen LogP contribution < -0.4 is 4.74 Å². The van der Waals surface area contributed by atoms with Crippen molar-refractivity contribution in [2.75, 3.05) is 7.11 Å². The Morgan fingerprint density at radius 3 is 2.92 bits per heavy atom. The Morgan fingerprint density at radius 1 is 1.67 bits per heavy atom. The monoisotopic (exact) mass is 184 g/mol. The first-order chi connectivity index (χ1) is 5.77. The molecule has 1 aromatic heterocycles. The van der Waals surface area contributed by atoms with E-state index < -0.39 is 0 Å². The summed E-state index contributed by atoms with van der Waals surface area (Å²) in [5.74, 6) is 0.991. The lowest BCUT2D eigenvalue weighted by Crippen LogP contribution is -1.93. The summed E-state index contributed by atoms with van der Waals surface area (Å²) < 4.78 is 4.98. The molecule has 12 heavy (non-hydrogen) atoms. The van der Waals surface area contributed by atoms with E-state index in [0.29, 0.717) is 6.42 Å². The molecular formula is C9H12O2S. The van der Waals surface area contributed by atoms with Gasteiger partial charge in [-0.3, -0.25) is 4.79 Å². The Kier molecular flexibility index (Phi) is 3.29. The number of carbonyl (C=O) groups is 1. The molecule has 3 heteroatoms. The van der Waals surface area contributed by atoms with Crippen LogP contribution in [0.5, 0.6) is 5.75 Å². The van der Waals surface area contributed by atoms with Gasteiger partial charge < -0.3 is 4.74 Å². The van der Waals surface area contributed by atoms with E-state index in [1.165, 1.54) is 11.3 Å². The van der Waals surface area contributed by atoms with E-state index in [0.717, 1.165) is 17.0 Å². The van der Waals surface area contributed by atoms with E-state index in [1.54, 1.807) is 13.2 Å². The van der Waals surface area contributed by atoms with Gasteiger partial charge in [0.2, 0.25) is 0 Å². The standard InChI is InChI=1S/C9H12O2S/c1-3-4-8(10)9-5-7(11-2)6-12-9/h5-6H,3-4H2,1-2H3. The lowest BCUT2D eigenvalue weighted by atomic mass is 10.2. The first kappa shape index (κ1) is 9.26. The van der Waals surface area contributed by atoms with Gasteiger partial charge in [0.05, 0.1) is 12.0 Å². The summed E-state index contributed by atoms with van der Waals surface area (Å²) in [6.07, 6.45) is 1.53. The Bertz CT molecular complexity index is 265. The van der Waals surface area contributed by atoms with Gasteiger partial charge in [0.25, 0.3) is 0 Å². The van der Waals surface area contributed by atoms with Crippen molar-refractivity contribution >= 4 is 17.1 Å². The van der Waals surface area contributed by atoms with E-state index in [9.17, 15) is 4.79 Å². The zero-order valence-electron chi connectivity index (χ0n) is 7.29. The molecule has 0 saturated carbocycles. The van der Waals surface area contributed by atoms with E-state index in [-0.39, 0.29) is 5.78 Å². The van der Waals surface area contributed by atoms with Crippen molar-refractivity contribution in [3.05, 3.63) is 16.3 Å². The van der Waals surface area contributed by atoms with E-state index in [2.05, 4.69) is 0 Å². The number of methoxy groups -OCH3 is 1. The Hall–Kier alpha value is -0.830. The topological polar surface area (TPSA) is 26.3 Å². The smallest absolute Gasteiger partial charge is 0.172 e. The SMILES string of the molecule is CCCC(=O)c1cc(OC)cs1. The van der Waals surface area contributed by atoms with Crippen LogP contribution >= 0.6 is 11.3 Å². The molecule has 0 unspecified atom stereocenters. The fourth-order valence-electron chi connectivity index (χ4n) is 0.922. The molecule has 0 saturated heterocycles. The Balaban J connectivity index is 2.68. The molecule has 0 fully saturated rings. The van der Waals surface area contributed by atoms with Gasteiger partial charge in [0.1, 0.15) is 5.75 Å². The largest absolute Gasteiger partial charge is 0.496 e. The summed E-state index contributed by atoms with van der Waals surface area (Å²) in [6, 6.07) is 1.79. The fraction of sp³-hybridized carbons (Fsp3) is 0.444. The molecule has 0 amide bonds. The van der Waals surface area contributed by atoms with Crippen LogP contribution in [0.25, 0.3) is 0 Å². The first-order valence-electron chi connectivity index (χ1n) is 3.93. The third kappa shape index (κ3) is 2.08. The number of thiophene rings is 1. The van der Waals surface area contributed by atoms with E-state index in [1.807, 2.05) is 12.3 Å². The summed E-state index contributed by atoms with van der Waals surface area (Å²) >= 11 is 1.45. The Labute approximate surface area is 76.2 Å². The molecule has 0 aliphatic rings. The molecule has 0 aromatic carbocycles. The molecule has 2 nitrogen and oxygen atoms in total. The van der Waals surface area contributed by atoms with E-state index >= 15 is 0 Å². The van der Waals surface area contributed by atoms with Crippen molar-refractivity contribution in [3.63, 3.8) is 0 Å². The molecule has 0 aliphatic heterocycles. The molecule has 0 atom stereocenters. The van der Waals surface area contributed by atoms with Crippen LogP contribution in [0.1, 0.15) is 29.4 Å². The molecule has 0 radical (unpaired) electrons. The van der Waals surface area contributed by atoms with Crippen molar-refractivity contribution < 1.29 is 9.53 Å². The zero-order valence-corrected chi connectivity index (χ0v) is 8.11. The summed E-state index contributed by atoms with van der Waals surface area (Å²) in [5.41, 5.74) is 0. The van der Waals surface area contributed by atoms with Gasteiger partial charge in [-0.2, -0.15) is 0 Å². The number of ether oxygens (including phenoxy) is 1. The summed E-state index contributed by atoms with van der Waals surface area (Å²) in [5, 5.41) is 1.85. The van der Waals surface area contributed by atoms with Crippen LogP contribution in [-0.2, 0) is 0 Å². The molecule has 1 aromatic rings. The minimum absolute atomic E-state index is 0.214. The average molecular weight is 184 g/mol. The molecular weight excluding hydrogens is 172 g/mol. The highest BCUT2D eigenvalue weighted by molar-refractivity contribution is 7.12. The molecule has 1 rings (SSSR count). The van der Waals surface area contributed by atoms with Crippen molar-refractivity contribution in [3.8, 4) is 5.75 Å². The number of hydrogen-bond acceptors (Lipinski definition) is 3. The third-order valence-corrected chi connectivity index (χ3v) is 2.51. The molecule has 0 spiro atoms.